The molecule has 126 valence electrons. The third-order valence-electron chi connectivity index (χ3n) is 2.97. The number of carbonyl (C=O) groups is 2. The summed E-state index contributed by atoms with van der Waals surface area (Å²) in [4.78, 5) is 25.1. The Morgan fingerprint density at radius 2 is 1.68 bits per heavy atom. The first-order valence-corrected chi connectivity index (χ1v) is 7.68. The highest BCUT2D eigenvalue weighted by molar-refractivity contribution is 5.91. The largest absolute Gasteiger partial charge is 0.462 e. The first-order chi connectivity index (χ1) is 10.4. The molecule has 0 saturated carbocycles. The summed E-state index contributed by atoms with van der Waals surface area (Å²) >= 11 is 0. The van der Waals surface area contributed by atoms with Crippen molar-refractivity contribution in [2.45, 2.75) is 27.2 Å². The lowest BCUT2D eigenvalue weighted by atomic mass is 9.99. The number of esters is 2. The second kappa shape index (κ2) is 9.58. The molecule has 1 fully saturated rings. The average molecular weight is 313 g/mol. The van der Waals surface area contributed by atoms with Crippen LogP contribution in [0.2, 0.25) is 0 Å². The SMILES string of the molecule is CC(C)(C)COC(=O)/C=C/C(=O)OCCCN1CCOCC1. The molecule has 22 heavy (non-hydrogen) atoms. The number of nitrogens with zero attached hydrogens (tertiary/aromatic N) is 1. The molecule has 0 spiro atoms. The molecule has 0 aliphatic carbocycles. The Kier molecular flexibility index (Phi) is 8.12. The first kappa shape index (κ1) is 18.6. The predicted octanol–water partition coefficient (Wildman–Crippen LogP) is 1.40. The Morgan fingerprint density at radius 3 is 2.27 bits per heavy atom. The van der Waals surface area contributed by atoms with Gasteiger partial charge in [-0.25, -0.2) is 9.59 Å². The lowest BCUT2D eigenvalue weighted by Gasteiger charge is -2.26. The number of hydrogen-bond acceptors (Lipinski definition) is 6. The van der Waals surface area contributed by atoms with Crippen LogP contribution >= 0.6 is 0 Å². The molecular weight excluding hydrogens is 286 g/mol. The molecule has 6 heteroatoms. The van der Waals surface area contributed by atoms with Gasteiger partial charge in [-0.15, -0.1) is 0 Å². The van der Waals surface area contributed by atoms with Crippen LogP contribution < -0.4 is 0 Å². The molecule has 0 aromatic carbocycles. The van der Waals surface area contributed by atoms with Gasteiger partial charge in [-0.3, -0.25) is 4.90 Å². The fraction of sp³-hybridized carbons (Fsp3) is 0.750. The summed E-state index contributed by atoms with van der Waals surface area (Å²) in [6.45, 7) is 10.8. The number of carbonyl (C=O) groups excluding carboxylic acids is 2. The zero-order valence-corrected chi connectivity index (χ0v) is 13.8. The molecule has 1 heterocycles. The summed E-state index contributed by atoms with van der Waals surface area (Å²) in [6, 6.07) is 0. The summed E-state index contributed by atoms with van der Waals surface area (Å²) in [5, 5.41) is 0. The van der Waals surface area contributed by atoms with Gasteiger partial charge in [0.2, 0.25) is 0 Å². The lowest BCUT2D eigenvalue weighted by Crippen LogP contribution is -2.37. The van der Waals surface area contributed by atoms with Crippen molar-refractivity contribution in [3.05, 3.63) is 12.2 Å². The standard InChI is InChI=1S/C16H27NO5/c1-16(2,3)13-22-15(19)6-5-14(18)21-10-4-7-17-8-11-20-12-9-17/h5-6H,4,7-13H2,1-3H3/b6-5+. The fourth-order valence-electron chi connectivity index (χ4n) is 1.81. The van der Waals surface area contributed by atoms with E-state index in [0.29, 0.717) is 13.2 Å². The van der Waals surface area contributed by atoms with Crippen LogP contribution in [0.3, 0.4) is 0 Å². The molecule has 0 amide bonds. The van der Waals surface area contributed by atoms with Gasteiger partial charge in [0.05, 0.1) is 26.4 Å². The van der Waals surface area contributed by atoms with Crippen molar-refractivity contribution in [1.29, 1.82) is 0 Å². The van der Waals surface area contributed by atoms with E-state index in [0.717, 1.165) is 51.4 Å². The summed E-state index contributed by atoms with van der Waals surface area (Å²) in [7, 11) is 0. The summed E-state index contributed by atoms with van der Waals surface area (Å²) in [6.07, 6.45) is 2.99. The number of ether oxygens (including phenoxy) is 3. The van der Waals surface area contributed by atoms with Crippen molar-refractivity contribution >= 4 is 11.9 Å². The normalized spacial score (nSPS) is 16.7. The minimum absolute atomic E-state index is 0.0937. The quantitative estimate of drug-likeness (QED) is 0.402. The molecule has 1 aliphatic rings. The van der Waals surface area contributed by atoms with Crippen molar-refractivity contribution in [3.8, 4) is 0 Å². The van der Waals surface area contributed by atoms with E-state index >= 15 is 0 Å². The summed E-state index contributed by atoms with van der Waals surface area (Å²) < 4.78 is 15.3. The van der Waals surface area contributed by atoms with Crippen LogP contribution in [0.1, 0.15) is 27.2 Å². The van der Waals surface area contributed by atoms with Crippen molar-refractivity contribution in [2.24, 2.45) is 5.41 Å². The Balaban J connectivity index is 2.09. The Morgan fingerprint density at radius 1 is 1.09 bits per heavy atom. The second-order valence-corrected chi connectivity index (χ2v) is 6.48. The van der Waals surface area contributed by atoms with Gasteiger partial charge in [0.15, 0.2) is 0 Å². The van der Waals surface area contributed by atoms with Crippen LogP contribution in [0.15, 0.2) is 12.2 Å². The van der Waals surface area contributed by atoms with Gasteiger partial charge < -0.3 is 14.2 Å². The number of hydrogen-bond donors (Lipinski definition) is 0. The third kappa shape index (κ3) is 9.52. The van der Waals surface area contributed by atoms with Crippen molar-refractivity contribution in [3.63, 3.8) is 0 Å². The smallest absolute Gasteiger partial charge is 0.331 e. The van der Waals surface area contributed by atoms with Crippen LogP contribution in [0, 0.1) is 5.41 Å². The van der Waals surface area contributed by atoms with E-state index in [1.165, 1.54) is 0 Å². The molecule has 1 aliphatic heterocycles. The summed E-state index contributed by atoms with van der Waals surface area (Å²) in [5.74, 6) is -1.05. The van der Waals surface area contributed by atoms with E-state index in [1.807, 2.05) is 20.8 Å². The fourth-order valence-corrected chi connectivity index (χ4v) is 1.81. The topological polar surface area (TPSA) is 65.1 Å². The van der Waals surface area contributed by atoms with E-state index in [4.69, 9.17) is 14.2 Å². The maximum Gasteiger partial charge on any atom is 0.331 e. The lowest BCUT2D eigenvalue weighted by molar-refractivity contribution is -0.142. The minimum atomic E-state index is -0.528. The molecule has 0 unspecified atom stereocenters. The van der Waals surface area contributed by atoms with Crippen LogP contribution in [0.5, 0.6) is 0 Å². The maximum absolute atomic E-state index is 11.4. The van der Waals surface area contributed by atoms with E-state index in [1.54, 1.807) is 0 Å². The maximum atomic E-state index is 11.4. The Hall–Kier alpha value is -1.40. The van der Waals surface area contributed by atoms with Gasteiger partial charge in [0.1, 0.15) is 0 Å². The Bertz CT molecular complexity index is 380. The molecule has 0 atom stereocenters. The van der Waals surface area contributed by atoms with Gasteiger partial charge in [0, 0.05) is 31.8 Å². The van der Waals surface area contributed by atoms with Crippen LogP contribution in [0.25, 0.3) is 0 Å². The van der Waals surface area contributed by atoms with Gasteiger partial charge in [-0.05, 0) is 11.8 Å². The zero-order valence-electron chi connectivity index (χ0n) is 13.8. The number of morpholine rings is 1. The zero-order chi connectivity index (χ0) is 16.4. The van der Waals surface area contributed by atoms with Gasteiger partial charge in [-0.2, -0.15) is 0 Å². The molecule has 1 saturated heterocycles. The van der Waals surface area contributed by atoms with Crippen LogP contribution in [-0.2, 0) is 23.8 Å². The van der Waals surface area contributed by atoms with Crippen molar-refractivity contribution in [1.82, 2.24) is 4.90 Å². The van der Waals surface area contributed by atoms with E-state index in [2.05, 4.69) is 4.90 Å². The van der Waals surface area contributed by atoms with E-state index in [-0.39, 0.29) is 5.41 Å². The van der Waals surface area contributed by atoms with Crippen molar-refractivity contribution < 1.29 is 23.8 Å². The van der Waals surface area contributed by atoms with Gasteiger partial charge in [-0.1, -0.05) is 20.8 Å². The first-order valence-electron chi connectivity index (χ1n) is 7.68. The summed E-state index contributed by atoms with van der Waals surface area (Å²) in [5.41, 5.74) is -0.0937. The average Bonchev–Trinajstić information content (AvgIpc) is 2.48. The van der Waals surface area contributed by atoms with Crippen LogP contribution in [-0.4, -0.2) is 62.9 Å². The Labute approximate surface area is 132 Å². The van der Waals surface area contributed by atoms with E-state index < -0.39 is 11.9 Å². The van der Waals surface area contributed by atoms with Gasteiger partial charge >= 0.3 is 11.9 Å². The number of rotatable bonds is 7. The molecular formula is C16H27NO5. The molecule has 1 rings (SSSR count). The molecule has 0 N–H and O–H groups in total. The van der Waals surface area contributed by atoms with Crippen molar-refractivity contribution in [2.75, 3.05) is 46.1 Å². The molecule has 0 aromatic heterocycles. The monoisotopic (exact) mass is 313 g/mol. The third-order valence-corrected chi connectivity index (χ3v) is 2.97. The molecule has 0 radical (unpaired) electrons. The second-order valence-electron chi connectivity index (χ2n) is 6.48. The van der Waals surface area contributed by atoms with E-state index in [9.17, 15) is 9.59 Å². The predicted molar refractivity (Wildman–Crippen MR) is 82.4 cm³/mol. The minimum Gasteiger partial charge on any atom is -0.462 e. The highest BCUT2D eigenvalue weighted by Crippen LogP contribution is 2.12. The van der Waals surface area contributed by atoms with Gasteiger partial charge in [0.25, 0.3) is 0 Å². The molecule has 0 aromatic rings. The van der Waals surface area contributed by atoms with Crippen LogP contribution in [0.4, 0.5) is 0 Å². The highest BCUT2D eigenvalue weighted by atomic mass is 16.5. The molecule has 6 nitrogen and oxygen atoms in total. The highest BCUT2D eigenvalue weighted by Gasteiger charge is 2.13. The molecule has 0 bridgehead atoms.